The van der Waals surface area contributed by atoms with E-state index >= 15 is 0 Å². The molecule has 2 aliphatic heterocycles. The summed E-state index contributed by atoms with van der Waals surface area (Å²) in [5, 5.41) is 21.6. The van der Waals surface area contributed by atoms with Crippen molar-refractivity contribution in [2.24, 2.45) is 27.9 Å². The van der Waals surface area contributed by atoms with Gasteiger partial charge in [0.25, 0.3) is 11.1 Å². The maximum atomic E-state index is 13.3. The van der Waals surface area contributed by atoms with Gasteiger partial charge in [0.1, 0.15) is 50.5 Å². The number of unbranched alkanes of at least 4 members (excludes halogenated alkanes) is 3. The maximum Gasteiger partial charge on any atom is 0.490 e. The van der Waals surface area contributed by atoms with Gasteiger partial charge in [-0.3, -0.25) is 57.7 Å². The van der Waals surface area contributed by atoms with Crippen LogP contribution < -0.4 is 72.1 Å². The molecule has 91 heavy (non-hydrogen) atoms. The molecule has 4 aromatic heterocycles. The molecule has 510 valence electrons. The Hall–Kier alpha value is -8.63. The first-order valence-electron chi connectivity index (χ1n) is 27.7. The summed E-state index contributed by atoms with van der Waals surface area (Å²) >= 11 is 8.14. The summed E-state index contributed by atoms with van der Waals surface area (Å²) in [6.45, 7) is 2.40. The molecule has 2 aliphatic rings. The SMILES string of the molecule is CC(N)=O.NC(=O)[C@H](CSCC(=O)OCCOCn1cnc2c(=O)[nH]c(N)cc21)NC(=O)C(CCCN=C(N)N)NC(=O)CCCCCNC(=O)CCCC[C@@H]1SC[C@@H]2NC(=O)N[C@@H]21.Nc1nc2c(ncn2COCCOC(=O)CCl)c(=O)[nH]1.O=C(O)C(F)(F)F.[HH].[HH]. The number of nitrogens with one attached hydrogen (secondary N) is 7. The van der Waals surface area contributed by atoms with Crippen molar-refractivity contribution >= 4 is 129 Å². The van der Waals surface area contributed by atoms with Gasteiger partial charge in [-0.05, 0) is 38.5 Å². The summed E-state index contributed by atoms with van der Waals surface area (Å²) in [7, 11) is 0. The molecular weight excluding hydrogens is 1280 g/mol. The van der Waals surface area contributed by atoms with Crippen molar-refractivity contribution in [3.63, 3.8) is 0 Å². The van der Waals surface area contributed by atoms with Gasteiger partial charge in [-0.1, -0.05) is 12.8 Å². The predicted molar refractivity (Wildman–Crippen MR) is 330 cm³/mol. The summed E-state index contributed by atoms with van der Waals surface area (Å²) in [5.74, 6) is -5.43. The molecule has 2 fully saturated rings. The molecule has 35 nitrogen and oxygen atoms in total. The van der Waals surface area contributed by atoms with Gasteiger partial charge >= 0.3 is 30.1 Å². The number of aromatic amines is 2. The minimum absolute atomic E-state index is 0. The number of esters is 2. The number of primary amides is 2. The summed E-state index contributed by atoms with van der Waals surface area (Å²) in [6.07, 6.45) is 3.36. The van der Waals surface area contributed by atoms with Gasteiger partial charge in [0.15, 0.2) is 22.6 Å². The number of aromatic nitrogens is 7. The second-order valence-electron chi connectivity index (χ2n) is 19.5. The molecule has 0 radical (unpaired) electrons. The smallest absolute Gasteiger partial charge is 0.475 e. The van der Waals surface area contributed by atoms with E-state index in [0.717, 1.165) is 36.8 Å². The van der Waals surface area contributed by atoms with E-state index in [1.165, 1.54) is 24.1 Å². The molecule has 0 aliphatic carbocycles. The third-order valence-electron chi connectivity index (χ3n) is 12.2. The molecular formula is C50H79ClF3N19O16S2. The molecule has 0 spiro atoms. The summed E-state index contributed by atoms with van der Waals surface area (Å²) in [6, 6.07) is -0.358. The van der Waals surface area contributed by atoms with Crippen molar-refractivity contribution in [2.75, 3.05) is 74.1 Å². The van der Waals surface area contributed by atoms with E-state index in [-0.39, 0.29) is 144 Å². The van der Waals surface area contributed by atoms with Crippen LogP contribution in [0.5, 0.6) is 0 Å². The van der Waals surface area contributed by atoms with Crippen LogP contribution in [-0.2, 0) is 70.8 Å². The van der Waals surface area contributed by atoms with Crippen LogP contribution in [0.15, 0.2) is 33.3 Å². The highest BCUT2D eigenvalue weighted by Gasteiger charge is 2.42. The van der Waals surface area contributed by atoms with Crippen molar-refractivity contribution < 1.29 is 83.2 Å². The maximum absolute atomic E-state index is 13.3. The highest BCUT2D eigenvalue weighted by Crippen LogP contribution is 2.33. The zero-order chi connectivity index (χ0) is 67.6. The molecule has 2 saturated heterocycles. The fourth-order valence-electron chi connectivity index (χ4n) is 8.04. The Kier molecular flexibility index (Phi) is 33.8. The third-order valence-corrected chi connectivity index (χ3v) is 14.9. The summed E-state index contributed by atoms with van der Waals surface area (Å²) in [5.41, 5.74) is 32.4. The van der Waals surface area contributed by atoms with Crippen molar-refractivity contribution in [3.8, 4) is 0 Å². The van der Waals surface area contributed by atoms with Crippen LogP contribution in [-0.4, -0.2) is 197 Å². The van der Waals surface area contributed by atoms with Crippen LogP contribution in [0.25, 0.3) is 22.2 Å². The van der Waals surface area contributed by atoms with Crippen molar-refractivity contribution in [1.82, 2.24) is 60.6 Å². The third kappa shape index (κ3) is 29.7. The topological polar surface area (TPSA) is 554 Å². The van der Waals surface area contributed by atoms with Crippen LogP contribution in [0.1, 0.15) is 74.0 Å². The van der Waals surface area contributed by atoms with Crippen LogP contribution in [0.2, 0.25) is 0 Å². The second-order valence-corrected chi connectivity index (χ2v) is 22.0. The quantitative estimate of drug-likeness (QED) is 0.00635. The van der Waals surface area contributed by atoms with Gasteiger partial charge in [-0.2, -0.15) is 29.9 Å². The van der Waals surface area contributed by atoms with E-state index in [9.17, 15) is 61.1 Å². The number of nitrogens with zero attached hydrogens (tertiary/aromatic N) is 6. The number of carboxylic acids is 1. The number of nitrogen functional groups attached to an aromatic ring is 2. The fraction of sp³-hybridized carbons (Fsp3) is 0.580. The average Bonchev–Trinajstić information content (AvgIpc) is 1.71. The van der Waals surface area contributed by atoms with Crippen LogP contribution in [0, 0.1) is 0 Å². The number of rotatable bonds is 34. The van der Waals surface area contributed by atoms with E-state index < -0.39 is 59.1 Å². The number of anilines is 2. The normalized spacial score (nSPS) is 15.3. The summed E-state index contributed by atoms with van der Waals surface area (Å²) in [4.78, 5) is 148. The molecule has 0 bridgehead atoms. The first-order chi connectivity index (χ1) is 43.1. The lowest BCUT2D eigenvalue weighted by Crippen LogP contribution is -2.53. The lowest BCUT2D eigenvalue weighted by molar-refractivity contribution is -0.192. The van der Waals surface area contributed by atoms with Gasteiger partial charge in [-0.15, -0.1) is 23.4 Å². The Balaban J connectivity index is 0.00000107. The Labute approximate surface area is 532 Å². The monoisotopic (exact) mass is 1360 g/mol. The zero-order valence-electron chi connectivity index (χ0n) is 49.2. The van der Waals surface area contributed by atoms with E-state index in [1.54, 1.807) is 10.6 Å². The average molecular weight is 1360 g/mol. The molecule has 6 heterocycles. The van der Waals surface area contributed by atoms with Gasteiger partial charge in [0.05, 0.1) is 49.2 Å². The molecule has 0 saturated carbocycles. The van der Waals surface area contributed by atoms with Crippen molar-refractivity contribution in [2.45, 2.75) is 120 Å². The fourth-order valence-corrected chi connectivity index (χ4v) is 10.5. The number of alkyl halides is 4. The molecule has 0 aromatic carbocycles. The number of H-pyrrole nitrogens is 2. The number of urea groups is 1. The van der Waals surface area contributed by atoms with Crippen LogP contribution >= 0.6 is 35.1 Å². The van der Waals surface area contributed by atoms with Gasteiger partial charge < -0.3 is 94.6 Å². The van der Waals surface area contributed by atoms with Gasteiger partial charge in [0, 0.05) is 58.5 Å². The number of amides is 7. The number of carbonyl (C=O) groups excluding carboxylic acids is 8. The van der Waals surface area contributed by atoms with E-state index in [2.05, 4.69) is 62.2 Å². The number of fused-ring (bicyclic) bond motifs is 3. The number of carbonyl (C=O) groups is 9. The number of carboxylic acid groups (broad SMARTS) is 1. The van der Waals surface area contributed by atoms with Crippen LogP contribution in [0.3, 0.4) is 0 Å². The van der Waals surface area contributed by atoms with Crippen molar-refractivity contribution in [1.29, 1.82) is 0 Å². The Morgan fingerprint density at radius 3 is 2.10 bits per heavy atom. The van der Waals surface area contributed by atoms with E-state index in [1.807, 2.05) is 11.8 Å². The molecule has 41 heteroatoms. The summed E-state index contributed by atoms with van der Waals surface area (Å²) < 4.78 is 55.5. The van der Waals surface area contributed by atoms with Crippen molar-refractivity contribution in [3.05, 3.63) is 39.4 Å². The lowest BCUT2D eigenvalue weighted by atomic mass is 10.0. The number of nitrogens with two attached hydrogens (primary N) is 6. The number of aliphatic carboxylic acids is 1. The molecule has 20 N–H and O–H groups in total. The Morgan fingerprint density at radius 2 is 1.45 bits per heavy atom. The molecule has 5 atom stereocenters. The van der Waals surface area contributed by atoms with Crippen LogP contribution in [0.4, 0.5) is 29.7 Å². The number of hydrogen-bond donors (Lipinski definition) is 14. The number of hydrogen-bond acceptors (Lipinski definition) is 23. The number of thioether (sulfide) groups is 2. The highest BCUT2D eigenvalue weighted by molar-refractivity contribution is 8.00. The Morgan fingerprint density at radius 1 is 0.835 bits per heavy atom. The number of ether oxygens (including phenoxy) is 4. The first kappa shape index (κ1) is 76.6. The number of pyridine rings is 1. The van der Waals surface area contributed by atoms with E-state index in [0.29, 0.717) is 55.1 Å². The number of halogens is 4. The molecule has 4 aromatic rings. The largest absolute Gasteiger partial charge is 0.490 e. The minimum Gasteiger partial charge on any atom is -0.475 e. The standard InChI is InChI=1S/C36H57N13O9S2.C10H12ClN5O4.C2HF3O2.C2H5NO.2H2/c37-26-15-24-31(34(55)47-26)43-19-49(24)20-57-13-14-58-29(52)18-59-16-23(32(38)53)45-33(54)21(7-6-12-42-35(39)40)44-28(51)10-2-1-5-11-41-27(50)9-4-3-8-25-30-22(17-60-25)46-36(56)48-30;11-3-6(17)20-2-1-19-5-16-4-13-7-8(16)14-10(12)15-9(7)18;3-2(4,5)1(6)7;1-2(3)4;;/h15,19,21-23,25,30H,1-14,16-18,20H2,(H2,38,53)(H,41,50)(H,44,51)(H,45,54)(H3,37,47,55)(H4,39,40,42)(H2,46,48,56);4H,1-3,5H2,(H3,12,14,15,18);(H,6,7);1H3,(H2,3,4);2*1H/t21?,22-,23-,25-,30-;;;;;/m0...../s1. The zero-order valence-corrected chi connectivity index (χ0v) is 51.6. The minimum atomic E-state index is -5.08. The predicted octanol–water partition coefficient (Wildman–Crippen LogP) is -1.46. The lowest BCUT2D eigenvalue weighted by Gasteiger charge is -2.22. The Bertz CT molecular complexity index is 3230. The first-order valence-corrected chi connectivity index (χ1v) is 30.4. The number of guanidine groups is 1. The van der Waals surface area contributed by atoms with Gasteiger partial charge in [-0.25, -0.2) is 19.6 Å². The second kappa shape index (κ2) is 40.2. The molecule has 1 unspecified atom stereocenters. The molecule has 7 amide bonds. The van der Waals surface area contributed by atoms with Gasteiger partial charge in [0.2, 0.25) is 35.5 Å². The van der Waals surface area contributed by atoms with E-state index in [4.69, 9.17) is 69.1 Å². The number of aliphatic imine (C=N–C) groups is 1. The highest BCUT2D eigenvalue weighted by atomic mass is 35.5. The number of imidazole rings is 2. The molecule has 6 rings (SSSR count).